The summed E-state index contributed by atoms with van der Waals surface area (Å²) < 4.78 is 5.68. The summed E-state index contributed by atoms with van der Waals surface area (Å²) in [6.07, 6.45) is 0.353. The third-order valence-corrected chi connectivity index (χ3v) is 5.82. The van der Waals surface area contributed by atoms with E-state index in [1.165, 1.54) is 0 Å². The van der Waals surface area contributed by atoms with Gasteiger partial charge < -0.3 is 14.6 Å². The average Bonchev–Trinajstić information content (AvgIpc) is 3.40. The van der Waals surface area contributed by atoms with Gasteiger partial charge in [0.25, 0.3) is 5.91 Å². The second-order valence-corrected chi connectivity index (χ2v) is 8.00. The lowest BCUT2D eigenvalue weighted by Crippen LogP contribution is -2.34. The minimum Gasteiger partial charge on any atom is -0.425 e. The van der Waals surface area contributed by atoms with Crippen molar-refractivity contribution in [2.75, 3.05) is 19.6 Å². The van der Waals surface area contributed by atoms with Crippen LogP contribution < -0.4 is 5.32 Å². The van der Waals surface area contributed by atoms with Crippen molar-refractivity contribution in [1.29, 1.82) is 0 Å². The zero-order chi connectivity index (χ0) is 21.8. The van der Waals surface area contributed by atoms with E-state index in [0.717, 1.165) is 11.1 Å². The van der Waals surface area contributed by atoms with Crippen LogP contribution in [0, 0.1) is 19.8 Å². The molecule has 7 nitrogen and oxygen atoms in total. The predicted octanol–water partition coefficient (Wildman–Crippen LogP) is 2.90. The molecule has 1 fully saturated rings. The van der Waals surface area contributed by atoms with Gasteiger partial charge in [-0.05, 0) is 30.2 Å². The Kier molecular flexibility index (Phi) is 6.11. The Hall–Kier alpha value is -3.48. The van der Waals surface area contributed by atoms with Gasteiger partial charge in [-0.1, -0.05) is 42.5 Å². The summed E-state index contributed by atoms with van der Waals surface area (Å²) in [5.41, 5.74) is 2.74. The molecule has 2 aromatic carbocycles. The van der Waals surface area contributed by atoms with Gasteiger partial charge in [0.1, 0.15) is 0 Å². The summed E-state index contributed by atoms with van der Waals surface area (Å²) in [6.45, 7) is 5.22. The van der Waals surface area contributed by atoms with Crippen molar-refractivity contribution in [3.05, 3.63) is 83.1 Å². The van der Waals surface area contributed by atoms with E-state index in [9.17, 15) is 9.59 Å². The summed E-state index contributed by atoms with van der Waals surface area (Å²) >= 11 is 0. The average molecular weight is 418 g/mol. The van der Waals surface area contributed by atoms with Crippen LogP contribution in [-0.2, 0) is 11.2 Å². The second-order valence-electron chi connectivity index (χ2n) is 8.00. The van der Waals surface area contributed by atoms with E-state index in [2.05, 4.69) is 15.5 Å². The van der Waals surface area contributed by atoms with Gasteiger partial charge in [0.05, 0.1) is 12.3 Å². The molecule has 3 aromatic rings. The van der Waals surface area contributed by atoms with Crippen molar-refractivity contribution in [3.63, 3.8) is 0 Å². The maximum absolute atomic E-state index is 13.0. The molecule has 2 heterocycles. The topological polar surface area (TPSA) is 88.3 Å². The second kappa shape index (κ2) is 9.12. The van der Waals surface area contributed by atoms with E-state index in [1.54, 1.807) is 19.1 Å². The molecule has 0 bridgehead atoms. The minimum atomic E-state index is -0.134. The van der Waals surface area contributed by atoms with Crippen LogP contribution in [0.2, 0.25) is 0 Å². The summed E-state index contributed by atoms with van der Waals surface area (Å²) in [5, 5.41) is 11.1. The molecule has 0 radical (unpaired) electrons. The summed E-state index contributed by atoms with van der Waals surface area (Å²) in [5.74, 6) is 0.819. The molecule has 0 spiro atoms. The van der Waals surface area contributed by atoms with Crippen LogP contribution in [-0.4, -0.2) is 46.5 Å². The third-order valence-electron chi connectivity index (χ3n) is 5.82. The number of aryl methyl sites for hydroxylation is 2. The number of benzene rings is 2. The number of amides is 2. The third kappa shape index (κ3) is 4.82. The molecule has 1 saturated heterocycles. The number of nitrogens with zero attached hydrogens (tertiary/aromatic N) is 3. The molecule has 4 rings (SSSR count). The van der Waals surface area contributed by atoms with Crippen molar-refractivity contribution in [1.82, 2.24) is 20.4 Å². The Morgan fingerprint density at radius 2 is 1.77 bits per heavy atom. The predicted molar refractivity (Wildman–Crippen MR) is 116 cm³/mol. The molecular formula is C24H26N4O3. The lowest BCUT2D eigenvalue weighted by Gasteiger charge is -2.17. The maximum atomic E-state index is 13.0. The fraction of sp³-hybridized carbons (Fsp3) is 0.333. The number of likely N-dealkylation sites (tertiary alicyclic amines) is 1. The molecule has 31 heavy (non-hydrogen) atoms. The zero-order valence-electron chi connectivity index (χ0n) is 17.7. The van der Waals surface area contributed by atoms with Crippen LogP contribution in [0.25, 0.3) is 0 Å². The van der Waals surface area contributed by atoms with Gasteiger partial charge in [0, 0.05) is 38.0 Å². The van der Waals surface area contributed by atoms with Crippen molar-refractivity contribution in [3.8, 4) is 0 Å². The van der Waals surface area contributed by atoms with Crippen molar-refractivity contribution >= 4 is 11.8 Å². The number of hydrogen-bond acceptors (Lipinski definition) is 5. The number of carbonyl (C=O) groups is 2. The Morgan fingerprint density at radius 1 is 1.03 bits per heavy atom. The van der Waals surface area contributed by atoms with E-state index in [4.69, 9.17) is 4.42 Å². The molecule has 7 heteroatoms. The van der Waals surface area contributed by atoms with Crippen molar-refractivity contribution < 1.29 is 14.0 Å². The number of carbonyl (C=O) groups excluding carboxylic acids is 2. The van der Waals surface area contributed by atoms with E-state index < -0.39 is 0 Å². The van der Waals surface area contributed by atoms with Gasteiger partial charge in [-0.15, -0.1) is 10.2 Å². The van der Waals surface area contributed by atoms with E-state index in [0.29, 0.717) is 43.4 Å². The standard InChI is InChI=1S/C24H26N4O3/c1-16-8-6-7-11-19(16)12-22(29)28-14-20(21(15-28)24-27-26-17(2)31-24)13-25-23(30)18-9-4-3-5-10-18/h3-11,20-21H,12-15H2,1-2H3,(H,25,30)/t20-,21-/m0/s1. The number of aromatic nitrogens is 2. The summed E-state index contributed by atoms with van der Waals surface area (Å²) in [6, 6.07) is 17.0. The van der Waals surface area contributed by atoms with E-state index in [-0.39, 0.29) is 23.7 Å². The molecule has 2 atom stereocenters. The highest BCUT2D eigenvalue weighted by Gasteiger charge is 2.39. The first-order valence-corrected chi connectivity index (χ1v) is 10.5. The summed E-state index contributed by atoms with van der Waals surface area (Å²) in [4.78, 5) is 27.4. The SMILES string of the molecule is Cc1nnc([C@H]2CN(C(=O)Cc3ccccc3C)C[C@@H]2CNC(=O)c2ccccc2)o1. The van der Waals surface area contributed by atoms with Crippen LogP contribution >= 0.6 is 0 Å². The number of rotatable bonds is 6. The first-order chi connectivity index (χ1) is 15.0. The van der Waals surface area contributed by atoms with E-state index in [1.807, 2.05) is 54.3 Å². The Morgan fingerprint density at radius 3 is 2.48 bits per heavy atom. The molecule has 0 aliphatic carbocycles. The first kappa shape index (κ1) is 20.8. The lowest BCUT2D eigenvalue weighted by molar-refractivity contribution is -0.129. The molecule has 0 saturated carbocycles. The number of hydrogen-bond donors (Lipinski definition) is 1. The van der Waals surface area contributed by atoms with Gasteiger partial charge in [-0.25, -0.2) is 0 Å². The van der Waals surface area contributed by atoms with Crippen LogP contribution in [0.1, 0.15) is 39.2 Å². The van der Waals surface area contributed by atoms with Crippen LogP contribution in [0.4, 0.5) is 0 Å². The normalized spacial score (nSPS) is 18.2. The van der Waals surface area contributed by atoms with Gasteiger partial charge in [0.15, 0.2) is 0 Å². The molecule has 1 aromatic heterocycles. The Labute approximate surface area is 181 Å². The zero-order valence-corrected chi connectivity index (χ0v) is 17.7. The highest BCUT2D eigenvalue weighted by atomic mass is 16.4. The minimum absolute atomic E-state index is 0.00617. The summed E-state index contributed by atoms with van der Waals surface area (Å²) in [7, 11) is 0. The highest BCUT2D eigenvalue weighted by molar-refractivity contribution is 5.94. The molecule has 1 aliphatic heterocycles. The van der Waals surface area contributed by atoms with Crippen LogP contribution in [0.15, 0.2) is 59.0 Å². The first-order valence-electron chi connectivity index (χ1n) is 10.5. The monoisotopic (exact) mass is 418 g/mol. The van der Waals surface area contributed by atoms with E-state index >= 15 is 0 Å². The lowest BCUT2D eigenvalue weighted by atomic mass is 9.96. The molecular weight excluding hydrogens is 392 g/mol. The molecule has 1 N–H and O–H groups in total. The van der Waals surface area contributed by atoms with Crippen LogP contribution in [0.5, 0.6) is 0 Å². The largest absolute Gasteiger partial charge is 0.425 e. The van der Waals surface area contributed by atoms with Crippen molar-refractivity contribution in [2.45, 2.75) is 26.2 Å². The Balaban J connectivity index is 1.46. The van der Waals surface area contributed by atoms with Gasteiger partial charge >= 0.3 is 0 Å². The van der Waals surface area contributed by atoms with Gasteiger partial charge in [-0.2, -0.15) is 0 Å². The van der Waals surface area contributed by atoms with Gasteiger partial charge in [0.2, 0.25) is 17.7 Å². The van der Waals surface area contributed by atoms with Gasteiger partial charge in [-0.3, -0.25) is 9.59 Å². The Bertz CT molecular complexity index is 1060. The maximum Gasteiger partial charge on any atom is 0.251 e. The quantitative estimate of drug-likeness (QED) is 0.665. The molecule has 160 valence electrons. The fourth-order valence-corrected chi connectivity index (χ4v) is 4.02. The smallest absolute Gasteiger partial charge is 0.251 e. The highest BCUT2D eigenvalue weighted by Crippen LogP contribution is 2.32. The molecule has 1 aliphatic rings. The molecule has 2 amide bonds. The van der Waals surface area contributed by atoms with Crippen LogP contribution in [0.3, 0.4) is 0 Å². The fourth-order valence-electron chi connectivity index (χ4n) is 4.02. The van der Waals surface area contributed by atoms with Crippen molar-refractivity contribution in [2.24, 2.45) is 5.92 Å². The molecule has 0 unspecified atom stereocenters. The number of nitrogens with one attached hydrogen (secondary N) is 1.